The zero-order valence-electron chi connectivity index (χ0n) is 12.9. The molecule has 2 aromatic rings. The summed E-state index contributed by atoms with van der Waals surface area (Å²) in [6, 6.07) is 15.7. The summed E-state index contributed by atoms with van der Waals surface area (Å²) in [6.07, 6.45) is 3.20. The van der Waals surface area contributed by atoms with Crippen LogP contribution in [0, 0.1) is 6.92 Å². The lowest BCUT2D eigenvalue weighted by molar-refractivity contribution is 0.348. The van der Waals surface area contributed by atoms with Crippen molar-refractivity contribution in [3.8, 4) is 5.75 Å². The van der Waals surface area contributed by atoms with Crippen LogP contribution in [0.3, 0.4) is 0 Å². The Morgan fingerprint density at radius 1 is 1.19 bits per heavy atom. The molecule has 0 bridgehead atoms. The van der Waals surface area contributed by atoms with Crippen molar-refractivity contribution >= 4 is 0 Å². The molecule has 0 fully saturated rings. The van der Waals surface area contributed by atoms with Crippen molar-refractivity contribution in [2.24, 2.45) is 0 Å². The smallest absolute Gasteiger partial charge is 0.127 e. The van der Waals surface area contributed by atoms with Crippen LogP contribution in [0.5, 0.6) is 5.75 Å². The van der Waals surface area contributed by atoms with Gasteiger partial charge >= 0.3 is 0 Å². The second-order valence-electron chi connectivity index (χ2n) is 5.80. The van der Waals surface area contributed by atoms with E-state index in [0.717, 1.165) is 31.6 Å². The number of fused-ring (bicyclic) bond motifs is 1. The number of para-hydroxylation sites is 1. The molecule has 0 saturated heterocycles. The molecule has 0 spiro atoms. The zero-order chi connectivity index (χ0) is 14.7. The van der Waals surface area contributed by atoms with E-state index in [1.54, 1.807) is 0 Å². The van der Waals surface area contributed by atoms with Gasteiger partial charge in [-0.3, -0.25) is 0 Å². The number of ether oxygens (including phenoxy) is 1. The fraction of sp³-hybridized carbons (Fsp3) is 0.368. The Morgan fingerprint density at radius 2 is 2.05 bits per heavy atom. The number of hydrogen-bond acceptors (Lipinski definition) is 2. The molecule has 110 valence electrons. The summed E-state index contributed by atoms with van der Waals surface area (Å²) in [5.74, 6) is 1.11. The Kier molecular flexibility index (Phi) is 4.26. The van der Waals surface area contributed by atoms with Gasteiger partial charge in [-0.15, -0.1) is 0 Å². The maximum absolute atomic E-state index is 5.84. The molecule has 3 rings (SSSR count). The van der Waals surface area contributed by atoms with E-state index in [4.69, 9.17) is 4.74 Å². The fourth-order valence-electron chi connectivity index (χ4n) is 3.15. The molecule has 0 aromatic heterocycles. The van der Waals surface area contributed by atoms with Crippen LogP contribution in [0.4, 0.5) is 0 Å². The summed E-state index contributed by atoms with van der Waals surface area (Å²) in [4.78, 5) is 0. The van der Waals surface area contributed by atoms with Crippen LogP contribution in [0.15, 0.2) is 42.5 Å². The van der Waals surface area contributed by atoms with E-state index in [-0.39, 0.29) is 0 Å². The van der Waals surface area contributed by atoms with Crippen molar-refractivity contribution in [3.63, 3.8) is 0 Å². The van der Waals surface area contributed by atoms with Crippen LogP contribution < -0.4 is 10.1 Å². The highest BCUT2D eigenvalue weighted by Crippen LogP contribution is 2.34. The molecule has 2 nitrogen and oxygen atoms in total. The molecule has 2 aromatic carbocycles. The average Bonchev–Trinajstić information content (AvgIpc) is 2.97. The van der Waals surface area contributed by atoms with E-state index in [9.17, 15) is 0 Å². The molecule has 0 saturated carbocycles. The maximum Gasteiger partial charge on any atom is 0.127 e. The number of aryl methyl sites for hydroxylation is 2. The van der Waals surface area contributed by atoms with Gasteiger partial charge in [0, 0.05) is 18.0 Å². The van der Waals surface area contributed by atoms with Crippen molar-refractivity contribution < 1.29 is 4.74 Å². The first-order valence-electron chi connectivity index (χ1n) is 7.75. The lowest BCUT2D eigenvalue weighted by Crippen LogP contribution is -2.18. The van der Waals surface area contributed by atoms with Crippen molar-refractivity contribution in [1.82, 2.24) is 5.32 Å². The fourth-order valence-corrected chi connectivity index (χ4v) is 3.15. The van der Waals surface area contributed by atoms with Crippen molar-refractivity contribution in [3.05, 3.63) is 64.7 Å². The van der Waals surface area contributed by atoms with Crippen molar-refractivity contribution in [1.29, 1.82) is 0 Å². The number of nitrogens with one attached hydrogen (secondary N) is 1. The van der Waals surface area contributed by atoms with Gasteiger partial charge in [0.2, 0.25) is 0 Å². The van der Waals surface area contributed by atoms with Crippen molar-refractivity contribution in [2.75, 3.05) is 13.7 Å². The minimum Gasteiger partial charge on any atom is -0.493 e. The topological polar surface area (TPSA) is 21.3 Å². The molecule has 1 aliphatic heterocycles. The Labute approximate surface area is 127 Å². The molecule has 1 heterocycles. The first-order chi connectivity index (χ1) is 10.3. The second kappa shape index (κ2) is 6.31. The summed E-state index contributed by atoms with van der Waals surface area (Å²) in [7, 11) is 2.04. The standard InChI is InChI=1S/C19H23NO/c1-14-5-3-6-15(13-14)9-10-18(20-2)17-8-4-7-16-11-12-21-19(16)17/h3-8,13,18,20H,9-12H2,1-2H3. The van der Waals surface area contributed by atoms with Gasteiger partial charge in [-0.05, 0) is 37.9 Å². The average molecular weight is 281 g/mol. The molecule has 21 heavy (non-hydrogen) atoms. The van der Waals surface area contributed by atoms with E-state index >= 15 is 0 Å². The highest BCUT2D eigenvalue weighted by molar-refractivity contribution is 5.45. The molecule has 0 aliphatic carbocycles. The zero-order valence-corrected chi connectivity index (χ0v) is 12.9. The van der Waals surface area contributed by atoms with E-state index in [2.05, 4.69) is 54.7 Å². The van der Waals surface area contributed by atoms with Gasteiger partial charge < -0.3 is 10.1 Å². The lowest BCUT2D eigenvalue weighted by atomic mass is 9.96. The summed E-state index contributed by atoms with van der Waals surface area (Å²) in [5, 5.41) is 3.45. The Morgan fingerprint density at radius 3 is 2.86 bits per heavy atom. The molecule has 0 radical (unpaired) electrons. The molecule has 1 atom stereocenters. The van der Waals surface area contributed by atoms with E-state index in [0.29, 0.717) is 6.04 Å². The van der Waals surface area contributed by atoms with Crippen LogP contribution >= 0.6 is 0 Å². The maximum atomic E-state index is 5.84. The van der Waals surface area contributed by atoms with E-state index < -0.39 is 0 Å². The van der Waals surface area contributed by atoms with Gasteiger partial charge in [-0.25, -0.2) is 0 Å². The highest BCUT2D eigenvalue weighted by atomic mass is 16.5. The van der Waals surface area contributed by atoms with Crippen LogP contribution in [-0.2, 0) is 12.8 Å². The third-order valence-electron chi connectivity index (χ3n) is 4.27. The first-order valence-corrected chi connectivity index (χ1v) is 7.75. The van der Waals surface area contributed by atoms with Gasteiger partial charge in [-0.1, -0.05) is 48.0 Å². The SMILES string of the molecule is CNC(CCc1cccc(C)c1)c1cccc2c1OCC2. The Balaban J connectivity index is 1.75. The molecular weight excluding hydrogens is 258 g/mol. The molecular formula is C19H23NO. The van der Waals surface area contributed by atoms with Crippen LogP contribution in [0.2, 0.25) is 0 Å². The van der Waals surface area contributed by atoms with Gasteiger partial charge in [0.05, 0.1) is 6.61 Å². The third kappa shape index (κ3) is 3.11. The number of hydrogen-bond donors (Lipinski definition) is 1. The minimum absolute atomic E-state index is 0.346. The summed E-state index contributed by atoms with van der Waals surface area (Å²) >= 11 is 0. The Hall–Kier alpha value is -1.80. The molecule has 1 aliphatic rings. The Bertz CT molecular complexity index is 621. The summed E-state index contributed by atoms with van der Waals surface area (Å²) in [5.41, 5.74) is 5.39. The lowest BCUT2D eigenvalue weighted by Gasteiger charge is -2.19. The highest BCUT2D eigenvalue weighted by Gasteiger charge is 2.20. The molecule has 1 N–H and O–H groups in total. The normalized spacial score (nSPS) is 14.6. The molecule has 2 heteroatoms. The summed E-state index contributed by atoms with van der Waals surface area (Å²) < 4.78 is 5.84. The van der Waals surface area contributed by atoms with Gasteiger partial charge in [-0.2, -0.15) is 0 Å². The van der Waals surface area contributed by atoms with Crippen molar-refractivity contribution in [2.45, 2.75) is 32.2 Å². The minimum atomic E-state index is 0.346. The van der Waals surface area contributed by atoms with Crippen LogP contribution in [0.1, 0.15) is 34.7 Å². The van der Waals surface area contributed by atoms with E-state index in [1.165, 1.54) is 22.3 Å². The second-order valence-corrected chi connectivity index (χ2v) is 5.80. The quantitative estimate of drug-likeness (QED) is 0.899. The van der Waals surface area contributed by atoms with Crippen LogP contribution in [0.25, 0.3) is 0 Å². The van der Waals surface area contributed by atoms with Crippen LogP contribution in [-0.4, -0.2) is 13.7 Å². The number of rotatable bonds is 5. The largest absolute Gasteiger partial charge is 0.493 e. The molecule has 0 amide bonds. The molecule has 1 unspecified atom stereocenters. The summed E-state index contributed by atoms with van der Waals surface area (Å²) in [6.45, 7) is 2.97. The van der Waals surface area contributed by atoms with Gasteiger partial charge in [0.15, 0.2) is 0 Å². The number of benzene rings is 2. The predicted octanol–water partition coefficient (Wildman–Crippen LogP) is 3.82. The first kappa shape index (κ1) is 14.2. The van der Waals surface area contributed by atoms with Gasteiger partial charge in [0.25, 0.3) is 0 Å². The predicted molar refractivity (Wildman–Crippen MR) is 86.9 cm³/mol. The third-order valence-corrected chi connectivity index (χ3v) is 4.27. The monoisotopic (exact) mass is 281 g/mol. The van der Waals surface area contributed by atoms with Gasteiger partial charge in [0.1, 0.15) is 5.75 Å². The van der Waals surface area contributed by atoms with E-state index in [1.807, 2.05) is 7.05 Å².